The highest BCUT2D eigenvalue weighted by molar-refractivity contribution is 5.93. The third-order valence-electron chi connectivity index (χ3n) is 7.72. The molecule has 0 saturated carbocycles. The largest absolute Gasteiger partial charge is 0.493 e. The van der Waals surface area contributed by atoms with Crippen LogP contribution in [0.15, 0.2) is 30.3 Å². The number of aliphatic hydroxyl groups is 1. The fourth-order valence-electron chi connectivity index (χ4n) is 5.39. The number of amides is 1. The maximum atomic E-state index is 13.3. The van der Waals surface area contributed by atoms with Crippen molar-refractivity contribution in [2.75, 3.05) is 19.8 Å². The lowest BCUT2D eigenvalue weighted by Crippen LogP contribution is -2.39. The zero-order valence-corrected chi connectivity index (χ0v) is 22.3. The number of nitrogens with zero attached hydrogens (tertiary/aromatic N) is 2. The molecular weight excluding hydrogens is 424 g/mol. The molecule has 188 valence electrons. The zero-order valence-electron chi connectivity index (χ0n) is 22.3. The molecule has 1 atom stereocenters. The summed E-state index contributed by atoms with van der Waals surface area (Å²) in [6.45, 7) is 14.7. The summed E-state index contributed by atoms with van der Waals surface area (Å²) in [6, 6.07) is 10.6. The molecule has 34 heavy (non-hydrogen) atoms. The molecule has 2 heterocycles. The van der Waals surface area contributed by atoms with Crippen molar-refractivity contribution in [1.29, 1.82) is 0 Å². The highest BCUT2D eigenvalue weighted by atomic mass is 16.5. The smallest absolute Gasteiger partial charge is 0.270 e. The van der Waals surface area contributed by atoms with E-state index in [9.17, 15) is 9.90 Å². The van der Waals surface area contributed by atoms with Crippen LogP contribution in [0.4, 0.5) is 0 Å². The lowest BCUT2D eigenvalue weighted by Gasteiger charge is -2.34. The minimum atomic E-state index is -0.191. The van der Waals surface area contributed by atoms with Gasteiger partial charge in [0.25, 0.3) is 5.91 Å². The molecule has 1 aromatic heterocycles. The number of carbonyl (C=O) groups is 1. The van der Waals surface area contributed by atoms with E-state index in [1.54, 1.807) is 0 Å². The Bertz CT molecular complexity index is 982. The number of hydrogen-bond acceptors (Lipinski definition) is 3. The molecule has 1 saturated heterocycles. The molecule has 0 spiro atoms. The van der Waals surface area contributed by atoms with Crippen LogP contribution in [0, 0.1) is 12.3 Å². The van der Waals surface area contributed by atoms with Gasteiger partial charge in [-0.2, -0.15) is 0 Å². The van der Waals surface area contributed by atoms with Crippen LogP contribution in [0.3, 0.4) is 0 Å². The second-order valence-corrected chi connectivity index (χ2v) is 11.1. The van der Waals surface area contributed by atoms with Gasteiger partial charge in [0.2, 0.25) is 0 Å². The van der Waals surface area contributed by atoms with Gasteiger partial charge in [-0.3, -0.25) is 4.79 Å². The summed E-state index contributed by atoms with van der Waals surface area (Å²) < 4.78 is 8.19. The number of hydrogen-bond donors (Lipinski definition) is 1. The fraction of sp³-hybridized carbons (Fsp3) is 0.621. The molecule has 1 aromatic carbocycles. The van der Waals surface area contributed by atoms with Crippen molar-refractivity contribution in [3.05, 3.63) is 52.8 Å². The maximum absolute atomic E-state index is 13.3. The molecule has 0 aliphatic carbocycles. The van der Waals surface area contributed by atoms with E-state index < -0.39 is 0 Å². The monoisotopic (exact) mass is 468 g/mol. The number of aryl methyl sites for hydroxylation is 1. The first-order valence-electron chi connectivity index (χ1n) is 12.9. The summed E-state index contributed by atoms with van der Waals surface area (Å²) in [7, 11) is 2.00. The van der Waals surface area contributed by atoms with Gasteiger partial charge in [-0.1, -0.05) is 46.8 Å². The van der Waals surface area contributed by atoms with E-state index in [0.29, 0.717) is 18.8 Å². The third kappa shape index (κ3) is 5.19. The molecule has 1 fully saturated rings. The minimum absolute atomic E-state index is 0.0187. The first-order chi connectivity index (χ1) is 16.1. The Morgan fingerprint density at radius 2 is 1.85 bits per heavy atom. The number of carbonyl (C=O) groups excluding carboxylic acids is 1. The van der Waals surface area contributed by atoms with Crippen LogP contribution in [-0.4, -0.2) is 46.3 Å². The second-order valence-electron chi connectivity index (χ2n) is 11.1. The lowest BCUT2D eigenvalue weighted by molar-refractivity contribution is 0.0667. The van der Waals surface area contributed by atoms with Crippen LogP contribution in [-0.2, 0) is 12.5 Å². The molecule has 1 aliphatic rings. The van der Waals surface area contributed by atoms with Gasteiger partial charge in [-0.15, -0.1) is 0 Å². The molecule has 3 rings (SSSR count). The number of ether oxygens (including phenoxy) is 1. The molecule has 1 N–H and O–H groups in total. The molecule has 1 amide bonds. The van der Waals surface area contributed by atoms with E-state index in [4.69, 9.17) is 4.74 Å². The summed E-state index contributed by atoms with van der Waals surface area (Å²) in [5, 5.41) is 9.69. The second kappa shape index (κ2) is 10.6. The van der Waals surface area contributed by atoms with Gasteiger partial charge in [0.15, 0.2) is 0 Å². The topological polar surface area (TPSA) is 54.7 Å². The Balaban J connectivity index is 1.91. The Morgan fingerprint density at radius 1 is 1.15 bits per heavy atom. The molecular formula is C29H44N2O3. The Kier molecular flexibility index (Phi) is 8.18. The summed E-state index contributed by atoms with van der Waals surface area (Å²) in [5.74, 6) is 0.964. The quantitative estimate of drug-likeness (QED) is 0.502. The van der Waals surface area contributed by atoms with Gasteiger partial charge in [0, 0.05) is 24.7 Å². The van der Waals surface area contributed by atoms with Crippen molar-refractivity contribution < 1.29 is 14.6 Å². The van der Waals surface area contributed by atoms with Crippen molar-refractivity contribution in [2.24, 2.45) is 12.5 Å². The first-order valence-corrected chi connectivity index (χ1v) is 12.9. The Labute approximate surface area is 206 Å². The van der Waals surface area contributed by atoms with Crippen LogP contribution >= 0.6 is 0 Å². The normalized spacial score (nSPS) is 16.8. The molecule has 5 heteroatoms. The number of likely N-dealkylation sites (tertiary alicyclic amines) is 1. The maximum Gasteiger partial charge on any atom is 0.270 e. The molecule has 0 unspecified atom stereocenters. The average Bonchev–Trinajstić information content (AvgIpc) is 3.42. The molecule has 1 aliphatic heterocycles. The summed E-state index contributed by atoms with van der Waals surface area (Å²) in [6.07, 6.45) is 4.70. The van der Waals surface area contributed by atoms with E-state index in [2.05, 4.69) is 70.4 Å². The SMILES string of the molecule is CCC(CC)(c1ccc(OCCC(C)(C)C)c(C)c1)c1ccc(C(=O)N2CCC[C@H]2CO)n1C. The summed E-state index contributed by atoms with van der Waals surface area (Å²) >= 11 is 0. The van der Waals surface area contributed by atoms with E-state index in [1.807, 2.05) is 18.0 Å². The summed E-state index contributed by atoms with van der Waals surface area (Å²) in [4.78, 5) is 15.2. The van der Waals surface area contributed by atoms with Crippen molar-refractivity contribution in [2.45, 2.75) is 85.1 Å². The van der Waals surface area contributed by atoms with Crippen molar-refractivity contribution in [1.82, 2.24) is 9.47 Å². The molecule has 0 bridgehead atoms. The standard InChI is InChI=1S/C29H44N2O3/c1-8-29(9-2,22-12-14-25(21(3)19-22)34-18-16-28(4,5)6)26-15-13-24(30(26)7)27(33)31-17-10-11-23(31)20-32/h12-15,19,23,32H,8-11,16-18,20H2,1-7H3/t23-/m0/s1. The number of aliphatic hydroxyl groups excluding tert-OH is 1. The van der Waals surface area contributed by atoms with Gasteiger partial charge in [0.1, 0.15) is 11.4 Å². The number of rotatable bonds is 9. The third-order valence-corrected chi connectivity index (χ3v) is 7.72. The van der Waals surface area contributed by atoms with Gasteiger partial charge in [-0.05, 0) is 73.8 Å². The first kappa shape index (κ1) is 26.3. The van der Waals surface area contributed by atoms with Crippen LogP contribution < -0.4 is 4.74 Å². The highest BCUT2D eigenvalue weighted by Crippen LogP contribution is 2.41. The Morgan fingerprint density at radius 3 is 2.44 bits per heavy atom. The van der Waals surface area contributed by atoms with Crippen LogP contribution in [0.25, 0.3) is 0 Å². The van der Waals surface area contributed by atoms with Crippen molar-refractivity contribution >= 4 is 5.91 Å². The Hall–Kier alpha value is -2.27. The van der Waals surface area contributed by atoms with E-state index in [-0.39, 0.29) is 29.4 Å². The average molecular weight is 469 g/mol. The summed E-state index contributed by atoms with van der Waals surface area (Å²) in [5.41, 5.74) is 4.31. The van der Waals surface area contributed by atoms with Crippen molar-refractivity contribution in [3.8, 4) is 5.75 Å². The highest BCUT2D eigenvalue weighted by Gasteiger charge is 2.36. The number of aromatic nitrogens is 1. The van der Waals surface area contributed by atoms with Gasteiger partial charge in [-0.25, -0.2) is 0 Å². The van der Waals surface area contributed by atoms with Crippen LogP contribution in [0.2, 0.25) is 0 Å². The van der Waals surface area contributed by atoms with E-state index in [1.165, 1.54) is 5.56 Å². The molecule has 5 nitrogen and oxygen atoms in total. The van der Waals surface area contributed by atoms with Gasteiger partial charge >= 0.3 is 0 Å². The fourth-order valence-corrected chi connectivity index (χ4v) is 5.39. The van der Waals surface area contributed by atoms with Gasteiger partial charge in [0.05, 0.1) is 19.3 Å². The predicted octanol–water partition coefficient (Wildman–Crippen LogP) is 5.85. The minimum Gasteiger partial charge on any atom is -0.493 e. The van der Waals surface area contributed by atoms with E-state index in [0.717, 1.165) is 49.1 Å². The van der Waals surface area contributed by atoms with Gasteiger partial charge < -0.3 is 19.3 Å². The molecule has 0 radical (unpaired) electrons. The van der Waals surface area contributed by atoms with E-state index >= 15 is 0 Å². The zero-order chi connectivity index (χ0) is 25.1. The van der Waals surface area contributed by atoms with Crippen LogP contribution in [0.1, 0.15) is 94.0 Å². The lowest BCUT2D eigenvalue weighted by atomic mass is 9.72. The predicted molar refractivity (Wildman–Crippen MR) is 139 cm³/mol. The van der Waals surface area contributed by atoms with Crippen molar-refractivity contribution in [3.63, 3.8) is 0 Å². The molecule has 2 aromatic rings. The number of benzene rings is 1. The van der Waals surface area contributed by atoms with Crippen LogP contribution in [0.5, 0.6) is 5.75 Å².